The maximum absolute atomic E-state index is 13.2. The smallest absolute Gasteiger partial charge is 0.130 e. The topological polar surface area (TPSA) is 29.4 Å². The van der Waals surface area contributed by atoms with Crippen LogP contribution in [0.2, 0.25) is 0 Å². The monoisotopic (exact) mass is 263 g/mol. The lowest BCUT2D eigenvalue weighted by Gasteiger charge is -2.05. The molecule has 0 amide bonds. The summed E-state index contributed by atoms with van der Waals surface area (Å²) >= 11 is 4.57. The Labute approximate surface area is 88.0 Å². The molecule has 1 rings (SSSR count). The molecule has 0 aliphatic heterocycles. The molecule has 5 heteroatoms. The van der Waals surface area contributed by atoms with Crippen LogP contribution in [0.1, 0.15) is 5.56 Å². The highest BCUT2D eigenvalue weighted by Crippen LogP contribution is 2.27. The van der Waals surface area contributed by atoms with Gasteiger partial charge in [0.05, 0.1) is 0 Å². The molecule has 0 fully saturated rings. The van der Waals surface area contributed by atoms with E-state index in [2.05, 4.69) is 21.1 Å². The van der Waals surface area contributed by atoms with Crippen molar-refractivity contribution in [2.75, 3.05) is 6.26 Å². The quantitative estimate of drug-likeness (QED) is 0.616. The largest absolute Gasteiger partial charge is 0.207 e. The lowest BCUT2D eigenvalue weighted by molar-refractivity contribution is 0.603. The highest BCUT2D eigenvalue weighted by atomic mass is 79.9. The van der Waals surface area contributed by atoms with E-state index in [1.54, 1.807) is 6.07 Å². The summed E-state index contributed by atoms with van der Waals surface area (Å²) < 4.78 is 13.9. The van der Waals surface area contributed by atoms with Crippen molar-refractivity contribution in [3.05, 3.63) is 32.9 Å². The number of hydrogen-bond donors (Lipinski definition) is 0. The zero-order valence-corrected chi connectivity index (χ0v) is 9.28. The summed E-state index contributed by atoms with van der Waals surface area (Å²) in [5, 5.41) is 2.69. The van der Waals surface area contributed by atoms with E-state index in [1.165, 1.54) is 17.8 Å². The fraction of sp³-hybridized carbons (Fsp3) is 0.250. The Morgan fingerprint density at radius 1 is 1.62 bits per heavy atom. The first-order valence-corrected chi connectivity index (χ1v) is 5.52. The van der Waals surface area contributed by atoms with Gasteiger partial charge in [-0.2, -0.15) is 4.91 Å². The molecule has 0 radical (unpaired) electrons. The maximum atomic E-state index is 13.2. The highest BCUT2D eigenvalue weighted by molar-refractivity contribution is 9.10. The number of hydrogen-bond acceptors (Lipinski definition) is 3. The molecule has 0 atom stereocenters. The van der Waals surface area contributed by atoms with Gasteiger partial charge in [-0.15, -0.1) is 11.8 Å². The SMILES string of the molecule is CSc1cc(Br)cc(F)c1CN=O. The molecule has 1 aromatic rings. The second-order valence-electron chi connectivity index (χ2n) is 2.36. The van der Waals surface area contributed by atoms with Gasteiger partial charge in [0.25, 0.3) is 0 Å². The number of halogens is 2. The van der Waals surface area contributed by atoms with Gasteiger partial charge in [-0.3, -0.25) is 0 Å². The first-order valence-electron chi connectivity index (χ1n) is 3.50. The molecule has 1 aromatic carbocycles. The van der Waals surface area contributed by atoms with E-state index in [0.717, 1.165) is 4.90 Å². The third-order valence-corrected chi connectivity index (χ3v) is 2.82. The van der Waals surface area contributed by atoms with Gasteiger partial charge in [0.15, 0.2) is 0 Å². The van der Waals surface area contributed by atoms with Crippen molar-refractivity contribution in [1.29, 1.82) is 0 Å². The Kier molecular flexibility index (Phi) is 3.87. The Hall–Kier alpha value is -0.420. The lowest BCUT2D eigenvalue weighted by Crippen LogP contribution is -1.91. The van der Waals surface area contributed by atoms with Crippen LogP contribution in [0.25, 0.3) is 0 Å². The van der Waals surface area contributed by atoms with Gasteiger partial charge >= 0.3 is 0 Å². The second kappa shape index (κ2) is 4.72. The van der Waals surface area contributed by atoms with Crippen molar-refractivity contribution in [3.63, 3.8) is 0 Å². The highest BCUT2D eigenvalue weighted by Gasteiger charge is 2.09. The van der Waals surface area contributed by atoms with Crippen LogP contribution in [0.5, 0.6) is 0 Å². The van der Waals surface area contributed by atoms with Gasteiger partial charge in [0.2, 0.25) is 0 Å². The van der Waals surface area contributed by atoms with Crippen LogP contribution in [0, 0.1) is 10.7 Å². The molecular weight excluding hydrogens is 257 g/mol. The first-order chi connectivity index (χ1) is 6.19. The second-order valence-corrected chi connectivity index (χ2v) is 4.12. The number of thioether (sulfide) groups is 1. The molecule has 0 N–H and O–H groups in total. The summed E-state index contributed by atoms with van der Waals surface area (Å²) in [5.74, 6) is -0.390. The van der Waals surface area contributed by atoms with Crippen LogP contribution in [-0.4, -0.2) is 6.26 Å². The average molecular weight is 264 g/mol. The Morgan fingerprint density at radius 2 is 2.31 bits per heavy atom. The zero-order valence-electron chi connectivity index (χ0n) is 6.88. The third-order valence-electron chi connectivity index (χ3n) is 1.56. The molecule has 0 aliphatic carbocycles. The summed E-state index contributed by atoms with van der Waals surface area (Å²) in [6.45, 7) is -0.116. The van der Waals surface area contributed by atoms with Crippen molar-refractivity contribution in [3.8, 4) is 0 Å². The lowest BCUT2D eigenvalue weighted by atomic mass is 10.2. The average Bonchev–Trinajstić information content (AvgIpc) is 2.09. The first kappa shape index (κ1) is 10.7. The van der Waals surface area contributed by atoms with Crippen LogP contribution in [-0.2, 0) is 6.54 Å². The van der Waals surface area contributed by atoms with E-state index in [-0.39, 0.29) is 6.54 Å². The summed E-state index contributed by atoms with van der Waals surface area (Å²) in [6.07, 6.45) is 1.83. The van der Waals surface area contributed by atoms with E-state index in [0.29, 0.717) is 10.0 Å². The van der Waals surface area contributed by atoms with E-state index >= 15 is 0 Å². The van der Waals surface area contributed by atoms with Crippen LogP contribution in [0.15, 0.2) is 26.7 Å². The predicted molar refractivity (Wildman–Crippen MR) is 55.4 cm³/mol. The van der Waals surface area contributed by atoms with E-state index < -0.39 is 5.82 Å². The number of nitrogens with zero attached hydrogens (tertiary/aromatic N) is 1. The molecule has 0 aliphatic rings. The van der Waals surface area contributed by atoms with Crippen LogP contribution < -0.4 is 0 Å². The molecule has 0 spiro atoms. The van der Waals surface area contributed by atoms with Crippen molar-refractivity contribution in [1.82, 2.24) is 0 Å². The minimum Gasteiger partial charge on any atom is -0.207 e. The van der Waals surface area contributed by atoms with Crippen molar-refractivity contribution >= 4 is 27.7 Å². The van der Waals surface area contributed by atoms with Gasteiger partial charge in [-0.05, 0) is 18.4 Å². The molecule has 0 saturated carbocycles. The Bertz CT molecular complexity index is 332. The fourth-order valence-corrected chi connectivity index (χ4v) is 2.21. The minimum absolute atomic E-state index is 0.116. The fourth-order valence-electron chi connectivity index (χ4n) is 0.980. The molecular formula is C8H7BrFNOS. The van der Waals surface area contributed by atoms with Gasteiger partial charge in [-0.1, -0.05) is 21.1 Å². The zero-order chi connectivity index (χ0) is 9.84. The summed E-state index contributed by atoms with van der Waals surface area (Å²) in [7, 11) is 0. The number of nitroso groups, excluding NO2 is 1. The summed E-state index contributed by atoms with van der Waals surface area (Å²) in [6, 6.07) is 3.11. The van der Waals surface area contributed by atoms with Crippen molar-refractivity contribution in [2.24, 2.45) is 5.18 Å². The Balaban J connectivity index is 3.20. The predicted octanol–water partition coefficient (Wildman–Crippen LogP) is 3.58. The molecule has 13 heavy (non-hydrogen) atoms. The molecule has 0 aromatic heterocycles. The minimum atomic E-state index is -0.390. The summed E-state index contributed by atoms with van der Waals surface area (Å²) in [4.78, 5) is 10.8. The van der Waals surface area contributed by atoms with E-state index in [1.807, 2.05) is 6.26 Å². The van der Waals surface area contributed by atoms with Gasteiger partial charge in [0, 0.05) is 14.9 Å². The maximum Gasteiger partial charge on any atom is 0.130 e. The molecule has 0 bridgehead atoms. The van der Waals surface area contributed by atoms with Crippen LogP contribution >= 0.6 is 27.7 Å². The summed E-state index contributed by atoms with van der Waals surface area (Å²) in [5.41, 5.74) is 0.366. The van der Waals surface area contributed by atoms with E-state index in [9.17, 15) is 9.30 Å². The molecule has 70 valence electrons. The molecule has 0 unspecified atom stereocenters. The molecule has 0 heterocycles. The normalized spacial score (nSPS) is 10.1. The van der Waals surface area contributed by atoms with Crippen molar-refractivity contribution in [2.45, 2.75) is 11.4 Å². The number of rotatable bonds is 3. The Morgan fingerprint density at radius 3 is 2.85 bits per heavy atom. The molecule has 0 saturated heterocycles. The van der Waals surface area contributed by atoms with Gasteiger partial charge < -0.3 is 0 Å². The van der Waals surface area contributed by atoms with E-state index in [4.69, 9.17) is 0 Å². The van der Waals surface area contributed by atoms with Crippen molar-refractivity contribution < 1.29 is 4.39 Å². The standard InChI is InChI=1S/C8H7BrFNOS/c1-13-8-3-5(9)2-7(10)6(8)4-11-12/h2-3H,4H2,1H3. The van der Waals surface area contributed by atoms with Crippen LogP contribution in [0.3, 0.4) is 0 Å². The third kappa shape index (κ3) is 2.51. The van der Waals surface area contributed by atoms with Crippen LogP contribution in [0.4, 0.5) is 4.39 Å². The number of benzene rings is 1. The van der Waals surface area contributed by atoms with Gasteiger partial charge in [-0.25, -0.2) is 4.39 Å². The molecule has 2 nitrogen and oxygen atoms in total. The van der Waals surface area contributed by atoms with Gasteiger partial charge in [0.1, 0.15) is 12.4 Å².